The van der Waals surface area contributed by atoms with E-state index in [9.17, 15) is 19.2 Å². The van der Waals surface area contributed by atoms with E-state index in [1.807, 2.05) is 20.8 Å². The van der Waals surface area contributed by atoms with Gasteiger partial charge in [0.2, 0.25) is 23.6 Å². The zero-order valence-corrected chi connectivity index (χ0v) is 31.8. The van der Waals surface area contributed by atoms with Crippen molar-refractivity contribution in [2.45, 2.75) is 77.2 Å². The normalized spacial score (nSPS) is 16.1. The van der Waals surface area contributed by atoms with Crippen molar-refractivity contribution in [2.75, 3.05) is 39.9 Å². The SMILES string of the molecule is C=CC(=O)N1CCC(Oc2cnc3[nH]cc(C(=O)N[C@@H](C)COC)c3n2)CC1.C=CC(=O)N1CCC(Oc2cnc3[nH]cc(C(=O)N[C@H](C)CC)c3n2)CC1. The Morgan fingerprint density at radius 1 is 0.782 bits per heavy atom. The Kier molecular flexibility index (Phi) is 13.9. The van der Waals surface area contributed by atoms with Crippen molar-refractivity contribution < 1.29 is 33.4 Å². The molecule has 2 aliphatic rings. The number of hydrogen-bond acceptors (Lipinski definition) is 11. The van der Waals surface area contributed by atoms with Gasteiger partial charge in [0, 0.05) is 83.4 Å². The lowest BCUT2D eigenvalue weighted by molar-refractivity contribution is -0.128. The molecule has 6 rings (SSSR count). The summed E-state index contributed by atoms with van der Waals surface area (Å²) in [7, 11) is 1.58. The Balaban J connectivity index is 0.000000211. The average molecular weight is 759 g/mol. The van der Waals surface area contributed by atoms with Gasteiger partial charge in [-0.05, 0) is 32.4 Å². The molecule has 0 bridgehead atoms. The Morgan fingerprint density at radius 2 is 1.20 bits per heavy atom. The summed E-state index contributed by atoms with van der Waals surface area (Å²) in [6, 6.07) is -0.0448. The Hall–Kier alpha value is -5.84. The number of hydrogen-bond donors (Lipinski definition) is 4. The molecule has 0 radical (unpaired) electrons. The van der Waals surface area contributed by atoms with Gasteiger partial charge in [0.05, 0.1) is 30.1 Å². The standard InChI is InChI=1S/C19H25N5O4.C19H25N5O3/c1-4-16(25)24-7-5-13(6-8-24)28-15-10-21-18-17(23-15)14(9-20-18)19(26)22-12(2)11-27-3;1-4-12(3)22-19(26)14-10-20-18-17(14)23-15(11-21-18)27-13-6-8-24(9-7-13)16(25)5-2/h4,9-10,12-13H,1,5-8,11H2,2-3H3,(H,20,21)(H,22,26);5,10-13H,2,4,6-9H2,1,3H3,(H,20,21)(H,22,26)/t2*12-/m01/s1. The third kappa shape index (κ3) is 10.4. The minimum atomic E-state index is -0.251. The number of amides is 4. The number of nitrogens with one attached hydrogen (secondary N) is 4. The molecule has 0 saturated carbocycles. The second-order valence-electron chi connectivity index (χ2n) is 13.5. The highest BCUT2D eigenvalue weighted by Gasteiger charge is 2.25. The smallest absolute Gasteiger partial charge is 0.255 e. The molecular weight excluding hydrogens is 708 g/mol. The van der Waals surface area contributed by atoms with E-state index in [4.69, 9.17) is 14.2 Å². The van der Waals surface area contributed by atoms with Crippen LogP contribution < -0.4 is 20.1 Å². The number of aromatic nitrogens is 6. The summed E-state index contributed by atoms with van der Waals surface area (Å²) in [5.74, 6) is 0.189. The number of methoxy groups -OCH3 is 1. The molecule has 17 heteroatoms. The monoisotopic (exact) mass is 758 g/mol. The Morgan fingerprint density at radius 3 is 1.58 bits per heavy atom. The third-order valence-corrected chi connectivity index (χ3v) is 9.42. The van der Waals surface area contributed by atoms with Gasteiger partial charge in [0.15, 0.2) is 11.3 Å². The number of fused-ring (bicyclic) bond motifs is 2. The van der Waals surface area contributed by atoms with Gasteiger partial charge >= 0.3 is 0 Å². The van der Waals surface area contributed by atoms with Crippen molar-refractivity contribution in [3.8, 4) is 11.8 Å². The lowest BCUT2D eigenvalue weighted by atomic mass is 10.1. The highest BCUT2D eigenvalue weighted by molar-refractivity contribution is 6.05. The van der Waals surface area contributed by atoms with Crippen molar-refractivity contribution in [2.24, 2.45) is 0 Å². The minimum Gasteiger partial charge on any atom is -0.473 e. The topological polar surface area (TPSA) is 210 Å². The molecule has 17 nitrogen and oxygen atoms in total. The molecule has 55 heavy (non-hydrogen) atoms. The van der Waals surface area contributed by atoms with Crippen LogP contribution in [0.4, 0.5) is 0 Å². The maximum Gasteiger partial charge on any atom is 0.255 e. The van der Waals surface area contributed by atoms with Crippen molar-refractivity contribution in [3.05, 3.63) is 61.2 Å². The molecule has 2 fully saturated rings. The van der Waals surface area contributed by atoms with E-state index >= 15 is 0 Å². The first-order chi connectivity index (χ1) is 26.5. The Labute approximate surface area is 319 Å². The molecule has 294 valence electrons. The van der Waals surface area contributed by atoms with E-state index in [1.54, 1.807) is 35.5 Å². The highest BCUT2D eigenvalue weighted by Crippen LogP contribution is 2.23. The highest BCUT2D eigenvalue weighted by atomic mass is 16.5. The van der Waals surface area contributed by atoms with Crippen LogP contribution in [0.1, 0.15) is 73.6 Å². The quantitative estimate of drug-likeness (QED) is 0.145. The zero-order chi connectivity index (χ0) is 39.5. The van der Waals surface area contributed by atoms with Crippen LogP contribution in [0.5, 0.6) is 11.8 Å². The van der Waals surface area contributed by atoms with Crippen LogP contribution in [0.3, 0.4) is 0 Å². The summed E-state index contributed by atoms with van der Waals surface area (Å²) in [6.45, 7) is 15.7. The number of carbonyl (C=O) groups excluding carboxylic acids is 4. The average Bonchev–Trinajstić information content (AvgIpc) is 3.82. The maximum atomic E-state index is 12.5. The van der Waals surface area contributed by atoms with Gasteiger partial charge in [-0.2, -0.15) is 0 Å². The first-order valence-corrected chi connectivity index (χ1v) is 18.5. The number of aromatic amines is 2. The Bertz CT molecular complexity index is 1980. The van der Waals surface area contributed by atoms with E-state index in [-0.39, 0.29) is 47.9 Å². The van der Waals surface area contributed by atoms with E-state index in [2.05, 4.69) is 53.7 Å². The molecule has 0 unspecified atom stereocenters. The van der Waals surface area contributed by atoms with Gasteiger partial charge in [-0.25, -0.2) is 19.9 Å². The predicted octanol–water partition coefficient (Wildman–Crippen LogP) is 3.32. The first kappa shape index (κ1) is 40.3. The van der Waals surface area contributed by atoms with E-state index in [1.165, 1.54) is 18.3 Å². The summed E-state index contributed by atoms with van der Waals surface area (Å²) < 4.78 is 16.9. The molecule has 4 aromatic heterocycles. The largest absolute Gasteiger partial charge is 0.473 e. The number of nitrogens with zero attached hydrogens (tertiary/aromatic N) is 6. The first-order valence-electron chi connectivity index (χ1n) is 18.5. The number of likely N-dealkylation sites (tertiary alicyclic amines) is 2. The zero-order valence-electron chi connectivity index (χ0n) is 31.8. The fourth-order valence-electron chi connectivity index (χ4n) is 6.19. The van der Waals surface area contributed by atoms with E-state index < -0.39 is 0 Å². The molecule has 0 aromatic carbocycles. The van der Waals surface area contributed by atoms with Crippen LogP contribution >= 0.6 is 0 Å². The molecule has 0 aliphatic carbocycles. The van der Waals surface area contributed by atoms with Crippen LogP contribution in [-0.2, 0) is 14.3 Å². The van der Waals surface area contributed by atoms with Crippen molar-refractivity contribution >= 4 is 46.0 Å². The van der Waals surface area contributed by atoms with Crippen LogP contribution in [0.15, 0.2) is 50.1 Å². The molecule has 0 spiro atoms. The van der Waals surface area contributed by atoms with Gasteiger partial charge in [-0.15, -0.1) is 0 Å². The molecule has 2 saturated heterocycles. The lowest BCUT2D eigenvalue weighted by Gasteiger charge is -2.31. The minimum absolute atomic E-state index is 0.0399. The molecule has 2 aliphatic heterocycles. The second-order valence-corrected chi connectivity index (χ2v) is 13.5. The van der Waals surface area contributed by atoms with Gasteiger partial charge in [-0.1, -0.05) is 20.1 Å². The lowest BCUT2D eigenvalue weighted by Crippen LogP contribution is -2.41. The van der Waals surface area contributed by atoms with Crippen molar-refractivity contribution in [1.29, 1.82) is 0 Å². The van der Waals surface area contributed by atoms with E-state index in [0.29, 0.717) is 104 Å². The van der Waals surface area contributed by atoms with Crippen LogP contribution in [0.25, 0.3) is 22.3 Å². The molecule has 4 N–H and O–H groups in total. The maximum absolute atomic E-state index is 12.5. The van der Waals surface area contributed by atoms with Crippen LogP contribution in [-0.4, -0.2) is 128 Å². The molecule has 4 aromatic rings. The number of piperidine rings is 2. The molecule has 4 amide bonds. The van der Waals surface area contributed by atoms with Crippen LogP contribution in [0, 0.1) is 0 Å². The summed E-state index contributed by atoms with van der Waals surface area (Å²) in [4.78, 5) is 75.2. The van der Waals surface area contributed by atoms with Gasteiger partial charge in [-0.3, -0.25) is 19.2 Å². The van der Waals surface area contributed by atoms with Gasteiger partial charge in [0.1, 0.15) is 23.2 Å². The second kappa shape index (κ2) is 19.0. The van der Waals surface area contributed by atoms with Crippen molar-refractivity contribution in [1.82, 2.24) is 50.3 Å². The van der Waals surface area contributed by atoms with Crippen LogP contribution in [0.2, 0.25) is 0 Å². The summed E-state index contributed by atoms with van der Waals surface area (Å²) in [6.07, 6.45) is 12.5. The summed E-state index contributed by atoms with van der Waals surface area (Å²) in [5.41, 5.74) is 2.87. The number of rotatable bonds is 13. The number of H-pyrrole nitrogens is 2. The predicted molar refractivity (Wildman–Crippen MR) is 205 cm³/mol. The summed E-state index contributed by atoms with van der Waals surface area (Å²) in [5, 5.41) is 5.79. The summed E-state index contributed by atoms with van der Waals surface area (Å²) >= 11 is 0. The fourth-order valence-corrected chi connectivity index (χ4v) is 6.19. The number of ether oxygens (including phenoxy) is 3. The van der Waals surface area contributed by atoms with E-state index in [0.717, 1.165) is 6.42 Å². The number of carbonyl (C=O) groups is 4. The van der Waals surface area contributed by atoms with Crippen molar-refractivity contribution in [3.63, 3.8) is 0 Å². The molecule has 2 atom stereocenters. The molecular formula is C38H50N10O7. The van der Waals surface area contributed by atoms with Gasteiger partial charge in [0.25, 0.3) is 11.8 Å². The third-order valence-electron chi connectivity index (χ3n) is 9.42. The fraction of sp³-hybridized carbons (Fsp3) is 0.474. The molecule has 6 heterocycles. The van der Waals surface area contributed by atoms with Gasteiger partial charge < -0.3 is 44.6 Å².